The zero-order valence-corrected chi connectivity index (χ0v) is 16.4. The number of ether oxygens (including phenoxy) is 1. The maximum absolute atomic E-state index is 12.3. The first-order chi connectivity index (χ1) is 13.0. The number of nitrogens with zero attached hydrogens (tertiary/aromatic N) is 1. The fourth-order valence-corrected chi connectivity index (χ4v) is 3.66. The molecule has 2 aromatic carbocycles. The van der Waals surface area contributed by atoms with Gasteiger partial charge in [-0.25, -0.2) is 4.99 Å². The largest absolute Gasteiger partial charge is 0.497 e. The number of carbonyl (C=O) groups is 2. The second-order valence-corrected chi connectivity index (χ2v) is 7.48. The van der Waals surface area contributed by atoms with Gasteiger partial charge < -0.3 is 15.4 Å². The lowest BCUT2D eigenvalue weighted by Gasteiger charge is -2.10. The summed E-state index contributed by atoms with van der Waals surface area (Å²) in [5.74, 6) is 0.189. The number of amidine groups is 1. The van der Waals surface area contributed by atoms with Crippen LogP contribution >= 0.6 is 23.4 Å². The number of hydrogen-bond donors (Lipinski definition) is 2. The summed E-state index contributed by atoms with van der Waals surface area (Å²) >= 11 is 7.30. The third kappa shape index (κ3) is 4.81. The smallest absolute Gasteiger partial charge is 0.240 e. The van der Waals surface area contributed by atoms with Crippen LogP contribution in [0.5, 0.6) is 5.75 Å². The van der Waals surface area contributed by atoms with Crippen LogP contribution in [-0.4, -0.2) is 29.3 Å². The predicted molar refractivity (Wildman–Crippen MR) is 109 cm³/mol. The van der Waals surface area contributed by atoms with Crippen LogP contribution in [0.25, 0.3) is 0 Å². The summed E-state index contributed by atoms with van der Waals surface area (Å²) in [5.41, 5.74) is 2.09. The van der Waals surface area contributed by atoms with Crippen LogP contribution in [0.4, 0.5) is 11.4 Å². The van der Waals surface area contributed by atoms with Gasteiger partial charge in [-0.2, -0.15) is 0 Å². The highest BCUT2D eigenvalue weighted by atomic mass is 35.5. The zero-order chi connectivity index (χ0) is 19.4. The van der Waals surface area contributed by atoms with Gasteiger partial charge in [0.15, 0.2) is 5.17 Å². The van der Waals surface area contributed by atoms with Gasteiger partial charge in [0.05, 0.1) is 12.8 Å². The molecule has 1 heterocycles. The molecule has 3 rings (SSSR count). The molecule has 2 N–H and O–H groups in total. The highest BCUT2D eigenvalue weighted by Crippen LogP contribution is 2.28. The topological polar surface area (TPSA) is 79.8 Å². The molecule has 27 heavy (non-hydrogen) atoms. The van der Waals surface area contributed by atoms with E-state index in [9.17, 15) is 9.59 Å². The summed E-state index contributed by atoms with van der Waals surface area (Å²) in [5, 5.41) is 6.02. The quantitative estimate of drug-likeness (QED) is 0.793. The molecule has 1 atom stereocenters. The second kappa shape index (κ2) is 8.45. The number of halogens is 1. The summed E-state index contributed by atoms with van der Waals surface area (Å²) in [6.07, 6.45) is 0.0413. The molecule has 1 saturated heterocycles. The second-order valence-electron chi connectivity index (χ2n) is 5.88. The molecule has 2 aromatic rings. The third-order valence-electron chi connectivity index (χ3n) is 3.97. The zero-order valence-electron chi connectivity index (χ0n) is 14.8. The van der Waals surface area contributed by atoms with E-state index in [0.29, 0.717) is 27.3 Å². The Morgan fingerprint density at radius 1 is 1.33 bits per heavy atom. The molecule has 0 unspecified atom stereocenters. The van der Waals surface area contributed by atoms with Gasteiger partial charge in [0, 0.05) is 23.2 Å². The Labute approximate surface area is 166 Å². The summed E-state index contributed by atoms with van der Waals surface area (Å²) in [4.78, 5) is 28.9. The summed E-state index contributed by atoms with van der Waals surface area (Å²) < 4.78 is 5.16. The Morgan fingerprint density at radius 2 is 2.11 bits per heavy atom. The molecule has 6 nitrogen and oxygen atoms in total. The maximum atomic E-state index is 12.3. The van der Waals surface area contributed by atoms with E-state index in [1.54, 1.807) is 31.4 Å². The highest BCUT2D eigenvalue weighted by Gasteiger charge is 2.32. The van der Waals surface area contributed by atoms with Crippen LogP contribution < -0.4 is 15.4 Å². The Kier molecular flexibility index (Phi) is 6.03. The van der Waals surface area contributed by atoms with Gasteiger partial charge in [-0.15, -0.1) is 0 Å². The van der Waals surface area contributed by atoms with Crippen LogP contribution in [0.2, 0.25) is 5.02 Å². The van der Waals surface area contributed by atoms with Crippen molar-refractivity contribution in [2.45, 2.75) is 18.6 Å². The van der Waals surface area contributed by atoms with Crippen molar-refractivity contribution in [2.75, 3.05) is 12.4 Å². The van der Waals surface area contributed by atoms with Crippen molar-refractivity contribution in [1.29, 1.82) is 0 Å². The lowest BCUT2D eigenvalue weighted by Crippen LogP contribution is -2.28. The van der Waals surface area contributed by atoms with E-state index < -0.39 is 5.25 Å². The molecule has 0 aliphatic carbocycles. The number of benzene rings is 2. The van der Waals surface area contributed by atoms with Gasteiger partial charge >= 0.3 is 0 Å². The number of anilines is 1. The fraction of sp³-hybridized carbons (Fsp3) is 0.211. The van der Waals surface area contributed by atoms with E-state index in [-0.39, 0.29) is 18.2 Å². The van der Waals surface area contributed by atoms with E-state index in [1.165, 1.54) is 11.8 Å². The molecule has 0 bridgehead atoms. The minimum Gasteiger partial charge on any atom is -0.497 e. The van der Waals surface area contributed by atoms with Gasteiger partial charge in [-0.1, -0.05) is 35.5 Å². The van der Waals surface area contributed by atoms with E-state index >= 15 is 0 Å². The van der Waals surface area contributed by atoms with Crippen LogP contribution in [-0.2, 0) is 9.59 Å². The number of aliphatic imine (C=N–C) groups is 1. The van der Waals surface area contributed by atoms with Crippen molar-refractivity contribution in [2.24, 2.45) is 4.99 Å². The molecule has 8 heteroatoms. The number of methoxy groups -OCH3 is 1. The molecular weight excluding hydrogens is 386 g/mol. The molecule has 0 spiro atoms. The molecule has 2 amide bonds. The molecule has 1 aliphatic rings. The number of amides is 2. The molecule has 0 radical (unpaired) electrons. The Hall–Kier alpha value is -2.51. The van der Waals surface area contributed by atoms with E-state index in [4.69, 9.17) is 16.3 Å². The Morgan fingerprint density at radius 3 is 2.89 bits per heavy atom. The van der Waals surface area contributed by atoms with E-state index in [0.717, 1.165) is 5.56 Å². The number of hydrogen-bond acceptors (Lipinski definition) is 5. The fourth-order valence-electron chi connectivity index (χ4n) is 2.50. The van der Waals surface area contributed by atoms with Gasteiger partial charge in [-0.3, -0.25) is 9.59 Å². The van der Waals surface area contributed by atoms with Crippen molar-refractivity contribution in [1.82, 2.24) is 5.32 Å². The molecular formula is C19H18ClN3O3S. The lowest BCUT2D eigenvalue weighted by molar-refractivity contribution is -0.122. The van der Waals surface area contributed by atoms with Crippen LogP contribution in [0.3, 0.4) is 0 Å². The van der Waals surface area contributed by atoms with Gasteiger partial charge in [0.1, 0.15) is 11.0 Å². The molecule has 0 saturated carbocycles. The number of thioether (sulfide) groups is 1. The average Bonchev–Trinajstić information content (AvgIpc) is 2.98. The standard InChI is InChI=1S/C19H18ClN3O3S/c1-11-14(20)7-4-8-15(11)22-17(24)10-16-18(25)23-19(27-16)21-12-5-3-6-13(9-12)26-2/h3-9,16H,10H2,1-2H3,(H,22,24)(H,21,23,25)/t16-/m0/s1. The molecule has 1 fully saturated rings. The van der Waals surface area contributed by atoms with Crippen molar-refractivity contribution in [3.63, 3.8) is 0 Å². The van der Waals surface area contributed by atoms with Crippen molar-refractivity contribution < 1.29 is 14.3 Å². The van der Waals surface area contributed by atoms with Gasteiger partial charge in [0.2, 0.25) is 11.8 Å². The first-order valence-corrected chi connectivity index (χ1v) is 9.47. The van der Waals surface area contributed by atoms with E-state index in [1.807, 2.05) is 25.1 Å². The third-order valence-corrected chi connectivity index (χ3v) is 5.46. The lowest BCUT2D eigenvalue weighted by atomic mass is 10.2. The normalized spacial score (nSPS) is 17.7. The molecule has 0 aromatic heterocycles. The van der Waals surface area contributed by atoms with E-state index in [2.05, 4.69) is 15.6 Å². The minimum atomic E-state index is -0.533. The van der Waals surface area contributed by atoms with Gasteiger partial charge in [-0.05, 0) is 36.8 Å². The Bertz CT molecular complexity index is 917. The SMILES string of the molecule is COc1cccc(N=C2NC(=O)[C@H](CC(=O)Nc3cccc(Cl)c3C)S2)c1. The molecule has 140 valence electrons. The van der Waals surface area contributed by atoms with Crippen LogP contribution in [0, 0.1) is 6.92 Å². The number of rotatable bonds is 5. The first-order valence-electron chi connectivity index (χ1n) is 8.21. The molecule has 1 aliphatic heterocycles. The predicted octanol–water partition coefficient (Wildman–Crippen LogP) is 3.90. The average molecular weight is 404 g/mol. The summed E-state index contributed by atoms with van der Waals surface area (Å²) in [6.45, 7) is 1.83. The van der Waals surface area contributed by atoms with Crippen LogP contribution in [0.15, 0.2) is 47.5 Å². The minimum absolute atomic E-state index is 0.0413. The van der Waals surface area contributed by atoms with Crippen molar-refractivity contribution in [3.8, 4) is 5.75 Å². The Balaban J connectivity index is 1.64. The van der Waals surface area contributed by atoms with Crippen molar-refractivity contribution >= 4 is 51.7 Å². The summed E-state index contributed by atoms with van der Waals surface area (Å²) in [7, 11) is 1.58. The van der Waals surface area contributed by atoms with Gasteiger partial charge in [0.25, 0.3) is 0 Å². The first kappa shape index (κ1) is 19.3. The monoisotopic (exact) mass is 403 g/mol. The van der Waals surface area contributed by atoms with Crippen molar-refractivity contribution in [3.05, 3.63) is 53.1 Å². The summed E-state index contributed by atoms with van der Waals surface area (Å²) in [6, 6.07) is 12.5. The number of nitrogens with one attached hydrogen (secondary N) is 2. The van der Waals surface area contributed by atoms with Crippen LogP contribution in [0.1, 0.15) is 12.0 Å². The maximum Gasteiger partial charge on any atom is 0.240 e. The highest BCUT2D eigenvalue weighted by molar-refractivity contribution is 8.15. The number of carbonyl (C=O) groups excluding carboxylic acids is 2.